The number of hydrogen-bond acceptors (Lipinski definition) is 3. The lowest BCUT2D eigenvalue weighted by atomic mass is 10.4. The third kappa shape index (κ3) is 8.90. The predicted octanol–water partition coefficient (Wildman–Crippen LogP) is -0.0471. The van der Waals surface area contributed by atoms with Crippen LogP contribution < -0.4 is 5.73 Å². The summed E-state index contributed by atoms with van der Waals surface area (Å²) in [5, 5.41) is 0. The maximum absolute atomic E-state index is 10.5. The van der Waals surface area contributed by atoms with E-state index in [1.54, 1.807) is 0 Å². The summed E-state index contributed by atoms with van der Waals surface area (Å²) in [6, 6.07) is 0. The van der Waals surface area contributed by atoms with Crippen molar-refractivity contribution in [3.63, 3.8) is 0 Å². The molecule has 0 fully saturated rings. The van der Waals surface area contributed by atoms with Crippen LogP contribution in [0.4, 0.5) is 0 Å². The number of amides is 1. The third-order valence-corrected chi connectivity index (χ3v) is 1.69. The number of carbonyl (C=O) groups is 1. The Morgan fingerprint density at radius 2 is 2.00 bits per heavy atom. The molecule has 0 saturated heterocycles. The summed E-state index contributed by atoms with van der Waals surface area (Å²) < 4.78 is 21.1. The second-order valence-electron chi connectivity index (χ2n) is 2.24. The molecule has 1 radical (unpaired) electrons. The van der Waals surface area contributed by atoms with Gasteiger partial charge >= 0.3 is 0 Å². The number of nitrogens with one attached hydrogen (secondary N) is 1. The molecule has 0 rings (SSSR count). The number of allylic oxidation sites excluding steroid dienone is 2. The minimum atomic E-state index is -2.98. The summed E-state index contributed by atoms with van der Waals surface area (Å²) in [6.07, 6.45) is 6.33. The lowest BCUT2D eigenvalue weighted by Crippen LogP contribution is -1.98. The highest BCUT2D eigenvalue weighted by atomic mass is 32.2. The molecule has 5 heteroatoms. The Labute approximate surface area is 71.7 Å². The van der Waals surface area contributed by atoms with Crippen molar-refractivity contribution in [1.82, 2.24) is 5.73 Å². The first-order valence-corrected chi connectivity index (χ1v) is 5.24. The van der Waals surface area contributed by atoms with Gasteiger partial charge in [0.05, 0.1) is 5.75 Å². The Morgan fingerprint density at radius 3 is 2.42 bits per heavy atom. The van der Waals surface area contributed by atoms with Gasteiger partial charge in [0.2, 0.25) is 0 Å². The van der Waals surface area contributed by atoms with Crippen molar-refractivity contribution in [2.45, 2.75) is 0 Å². The largest absolute Gasteiger partial charge is 0.268 e. The van der Waals surface area contributed by atoms with Gasteiger partial charge in [0.1, 0.15) is 0 Å². The molecule has 0 bridgehead atoms. The number of carbonyl (C=O) groups excluding carboxylic acids is 1. The van der Waals surface area contributed by atoms with Crippen molar-refractivity contribution in [2.75, 3.05) is 12.0 Å². The lowest BCUT2D eigenvalue weighted by molar-refractivity contribution is -0.114. The second-order valence-corrected chi connectivity index (χ2v) is 4.43. The molecule has 1 N–H and O–H groups in total. The van der Waals surface area contributed by atoms with E-state index in [-0.39, 0.29) is 5.75 Å². The molecule has 0 spiro atoms. The van der Waals surface area contributed by atoms with Crippen molar-refractivity contribution in [3.05, 3.63) is 24.3 Å². The molecule has 0 saturated carbocycles. The maximum atomic E-state index is 10.5. The summed E-state index contributed by atoms with van der Waals surface area (Å²) in [6.45, 7) is 0. The third-order valence-electron chi connectivity index (χ3n) is 0.894. The van der Waals surface area contributed by atoms with E-state index in [2.05, 4.69) is 0 Å². The quantitative estimate of drug-likeness (QED) is 0.458. The zero-order valence-corrected chi connectivity index (χ0v) is 7.47. The van der Waals surface area contributed by atoms with E-state index in [0.29, 0.717) is 0 Å². The topological polar surface area (TPSA) is 75.0 Å². The molecule has 0 aliphatic rings. The van der Waals surface area contributed by atoms with Crippen LogP contribution in [0.25, 0.3) is 0 Å². The first-order chi connectivity index (χ1) is 5.42. The molecule has 0 unspecified atom stereocenters. The van der Waals surface area contributed by atoms with Crippen LogP contribution in [0.3, 0.4) is 0 Å². The number of rotatable bonds is 4. The minimum absolute atomic E-state index is 0.0521. The summed E-state index contributed by atoms with van der Waals surface area (Å²) in [4.78, 5) is 10.0. The molecule has 0 heterocycles. The smallest absolute Gasteiger partial charge is 0.262 e. The van der Waals surface area contributed by atoms with Crippen LogP contribution in [-0.2, 0) is 14.6 Å². The molecule has 12 heavy (non-hydrogen) atoms. The van der Waals surface area contributed by atoms with Crippen molar-refractivity contribution in [2.24, 2.45) is 0 Å². The standard InChI is InChI=1S/C7H10NO3S/c1-12(10,11)6-4-2-3-5-7(8)9/h2-5,8H,6H2,1H3. The van der Waals surface area contributed by atoms with Gasteiger partial charge in [-0.1, -0.05) is 18.2 Å². The highest BCUT2D eigenvalue weighted by Crippen LogP contribution is 1.85. The molecule has 0 aromatic rings. The van der Waals surface area contributed by atoms with Crippen molar-refractivity contribution in [3.8, 4) is 0 Å². The molecular formula is C7H10NO3S. The molecule has 0 aliphatic heterocycles. The normalized spacial score (nSPS) is 12.8. The van der Waals surface area contributed by atoms with Crippen LogP contribution in [0.5, 0.6) is 0 Å². The van der Waals surface area contributed by atoms with Gasteiger partial charge in [-0.15, -0.1) is 0 Å². The maximum Gasteiger partial charge on any atom is 0.262 e. The van der Waals surface area contributed by atoms with Gasteiger partial charge in [0, 0.05) is 12.3 Å². The highest BCUT2D eigenvalue weighted by Gasteiger charge is 1.94. The Bertz CT molecular complexity index is 301. The van der Waals surface area contributed by atoms with Crippen molar-refractivity contribution < 1.29 is 13.2 Å². The molecule has 0 atom stereocenters. The lowest BCUT2D eigenvalue weighted by Gasteiger charge is -1.86. The van der Waals surface area contributed by atoms with Crippen molar-refractivity contribution in [1.29, 1.82) is 0 Å². The zero-order chi connectivity index (χ0) is 9.61. The Balaban J connectivity index is 3.88. The first kappa shape index (κ1) is 10.9. The first-order valence-electron chi connectivity index (χ1n) is 3.18. The van der Waals surface area contributed by atoms with Crippen LogP contribution in [0, 0.1) is 0 Å². The fourth-order valence-corrected chi connectivity index (χ4v) is 0.913. The van der Waals surface area contributed by atoms with Gasteiger partial charge in [0.25, 0.3) is 5.91 Å². The predicted molar refractivity (Wildman–Crippen MR) is 46.1 cm³/mol. The van der Waals surface area contributed by atoms with E-state index < -0.39 is 15.7 Å². The van der Waals surface area contributed by atoms with E-state index >= 15 is 0 Å². The number of sulfone groups is 1. The summed E-state index contributed by atoms with van der Waals surface area (Å²) in [5.74, 6) is -0.859. The zero-order valence-electron chi connectivity index (χ0n) is 6.65. The molecule has 4 nitrogen and oxygen atoms in total. The van der Waals surface area contributed by atoms with Gasteiger partial charge in [0.15, 0.2) is 9.84 Å². The average Bonchev–Trinajstić information content (AvgIpc) is 1.83. The molecule has 0 aromatic carbocycles. The average molecular weight is 188 g/mol. The van der Waals surface area contributed by atoms with Gasteiger partial charge in [-0.2, -0.15) is 0 Å². The van der Waals surface area contributed by atoms with Crippen molar-refractivity contribution >= 4 is 15.7 Å². The van der Waals surface area contributed by atoms with E-state index in [4.69, 9.17) is 5.73 Å². The van der Waals surface area contributed by atoms with Crippen LogP contribution in [-0.4, -0.2) is 26.3 Å². The SMILES string of the molecule is CS(=O)(=O)CC=CC=CC([NH])=O. The number of hydrogen-bond donors (Lipinski definition) is 0. The Hall–Kier alpha value is -1.10. The van der Waals surface area contributed by atoms with Gasteiger partial charge in [-0.25, -0.2) is 8.42 Å². The highest BCUT2D eigenvalue weighted by molar-refractivity contribution is 7.90. The monoisotopic (exact) mass is 188 g/mol. The fraction of sp³-hybridized carbons (Fsp3) is 0.286. The molecular weight excluding hydrogens is 178 g/mol. The van der Waals surface area contributed by atoms with E-state index in [1.165, 1.54) is 18.2 Å². The summed E-state index contributed by atoms with van der Waals surface area (Å²) >= 11 is 0. The van der Waals surface area contributed by atoms with Crippen LogP contribution in [0.1, 0.15) is 0 Å². The van der Waals surface area contributed by atoms with Crippen LogP contribution >= 0.6 is 0 Å². The molecule has 0 aromatic heterocycles. The summed E-state index contributed by atoms with van der Waals surface area (Å²) in [5.41, 5.74) is 6.46. The van der Waals surface area contributed by atoms with Crippen LogP contribution in [0.2, 0.25) is 0 Å². The molecule has 0 aliphatic carbocycles. The van der Waals surface area contributed by atoms with Crippen LogP contribution in [0.15, 0.2) is 24.3 Å². The minimum Gasteiger partial charge on any atom is -0.268 e. The van der Waals surface area contributed by atoms with E-state index in [0.717, 1.165) is 12.3 Å². The van der Waals surface area contributed by atoms with E-state index in [9.17, 15) is 13.2 Å². The molecule has 67 valence electrons. The fourth-order valence-electron chi connectivity index (χ4n) is 0.452. The Morgan fingerprint density at radius 1 is 1.42 bits per heavy atom. The van der Waals surface area contributed by atoms with Gasteiger partial charge in [-0.3, -0.25) is 10.5 Å². The molecule has 1 amide bonds. The van der Waals surface area contributed by atoms with Gasteiger partial charge in [-0.05, 0) is 0 Å². The second kappa shape index (κ2) is 4.71. The Kier molecular flexibility index (Phi) is 4.28. The van der Waals surface area contributed by atoms with E-state index in [1.807, 2.05) is 0 Å². The van der Waals surface area contributed by atoms with Gasteiger partial charge < -0.3 is 0 Å². The summed E-state index contributed by atoms with van der Waals surface area (Å²) in [7, 11) is -2.98.